The SMILES string of the molecule is CCN(CC)c1cc2c(cc1Cl)NC(=O)CC(c1cccc(-n3nncc3CO)c1)=N2. The summed E-state index contributed by atoms with van der Waals surface area (Å²) in [4.78, 5) is 19.6. The number of fused-ring (bicyclic) bond motifs is 1. The Morgan fingerprint density at radius 3 is 2.77 bits per heavy atom. The molecule has 2 heterocycles. The minimum atomic E-state index is -0.178. The van der Waals surface area contributed by atoms with E-state index in [1.807, 2.05) is 30.3 Å². The molecular weight excluding hydrogens is 416 g/mol. The third-order valence-corrected chi connectivity index (χ3v) is 5.54. The van der Waals surface area contributed by atoms with Crippen LogP contribution in [0.1, 0.15) is 31.5 Å². The van der Waals surface area contributed by atoms with E-state index < -0.39 is 0 Å². The molecule has 0 fully saturated rings. The van der Waals surface area contributed by atoms with Gasteiger partial charge in [-0.1, -0.05) is 28.9 Å². The summed E-state index contributed by atoms with van der Waals surface area (Å²) in [6.45, 7) is 5.58. The van der Waals surface area contributed by atoms with Crippen molar-refractivity contribution < 1.29 is 9.90 Å². The molecule has 1 aromatic heterocycles. The summed E-state index contributed by atoms with van der Waals surface area (Å²) in [5.74, 6) is -0.161. The van der Waals surface area contributed by atoms with Crippen molar-refractivity contribution in [1.29, 1.82) is 0 Å². The minimum Gasteiger partial charge on any atom is -0.390 e. The highest BCUT2D eigenvalue weighted by Gasteiger charge is 2.20. The molecule has 160 valence electrons. The molecule has 0 unspecified atom stereocenters. The molecule has 8 nitrogen and oxygen atoms in total. The fourth-order valence-electron chi connectivity index (χ4n) is 3.65. The topological polar surface area (TPSA) is 95.6 Å². The number of benzene rings is 2. The summed E-state index contributed by atoms with van der Waals surface area (Å²) < 4.78 is 1.56. The molecule has 0 radical (unpaired) electrons. The van der Waals surface area contributed by atoms with Crippen molar-refractivity contribution in [1.82, 2.24) is 15.0 Å². The van der Waals surface area contributed by atoms with Gasteiger partial charge in [0.15, 0.2) is 0 Å². The number of aliphatic hydroxyl groups excluding tert-OH is 1. The zero-order chi connectivity index (χ0) is 22.0. The molecule has 3 aromatic rings. The van der Waals surface area contributed by atoms with E-state index in [1.165, 1.54) is 6.20 Å². The number of anilines is 2. The Hall–Kier alpha value is -3.23. The van der Waals surface area contributed by atoms with Gasteiger partial charge in [-0.15, -0.1) is 5.10 Å². The number of rotatable bonds is 6. The van der Waals surface area contributed by atoms with Crippen molar-refractivity contribution >= 4 is 40.3 Å². The molecule has 0 atom stereocenters. The zero-order valence-electron chi connectivity index (χ0n) is 17.3. The molecule has 0 saturated carbocycles. The summed E-state index contributed by atoms with van der Waals surface area (Å²) >= 11 is 6.50. The lowest BCUT2D eigenvalue weighted by Gasteiger charge is -2.23. The first-order chi connectivity index (χ1) is 15.0. The van der Waals surface area contributed by atoms with Crippen molar-refractivity contribution in [3.8, 4) is 5.69 Å². The second-order valence-electron chi connectivity index (χ2n) is 7.12. The second-order valence-corrected chi connectivity index (χ2v) is 7.53. The number of hydrogen-bond acceptors (Lipinski definition) is 6. The fourth-order valence-corrected chi connectivity index (χ4v) is 3.93. The van der Waals surface area contributed by atoms with E-state index in [4.69, 9.17) is 16.6 Å². The van der Waals surface area contributed by atoms with Crippen LogP contribution in [0.25, 0.3) is 5.69 Å². The number of carbonyl (C=O) groups excluding carboxylic acids is 1. The number of halogens is 1. The largest absolute Gasteiger partial charge is 0.390 e. The number of nitrogens with zero attached hydrogens (tertiary/aromatic N) is 5. The van der Waals surface area contributed by atoms with E-state index in [1.54, 1.807) is 10.7 Å². The molecule has 2 N–H and O–H groups in total. The molecule has 0 saturated heterocycles. The maximum Gasteiger partial charge on any atom is 0.230 e. The molecule has 1 aliphatic heterocycles. The molecular formula is C22H23ClN6O2. The molecule has 0 spiro atoms. The minimum absolute atomic E-state index is 0.126. The van der Waals surface area contributed by atoms with Gasteiger partial charge in [0.05, 0.1) is 58.4 Å². The molecule has 9 heteroatoms. The summed E-state index contributed by atoms with van der Waals surface area (Å²) in [5.41, 5.74) is 4.86. The molecule has 0 aliphatic carbocycles. The van der Waals surface area contributed by atoms with Crippen molar-refractivity contribution in [2.45, 2.75) is 26.9 Å². The van der Waals surface area contributed by atoms with Crippen LogP contribution in [0.15, 0.2) is 47.6 Å². The Bertz CT molecular complexity index is 1150. The van der Waals surface area contributed by atoms with E-state index in [9.17, 15) is 9.90 Å². The van der Waals surface area contributed by atoms with Crippen LogP contribution in [-0.4, -0.2) is 44.8 Å². The summed E-state index contributed by atoms with van der Waals surface area (Å²) in [5, 5.41) is 20.9. The normalized spacial score (nSPS) is 13.3. The van der Waals surface area contributed by atoms with E-state index in [0.29, 0.717) is 27.8 Å². The summed E-state index contributed by atoms with van der Waals surface area (Å²) in [6.07, 6.45) is 1.64. The second kappa shape index (κ2) is 8.87. The third-order valence-electron chi connectivity index (χ3n) is 5.23. The van der Waals surface area contributed by atoms with Crippen molar-refractivity contribution in [2.75, 3.05) is 23.3 Å². The zero-order valence-corrected chi connectivity index (χ0v) is 18.1. The van der Waals surface area contributed by atoms with Crippen LogP contribution in [0.3, 0.4) is 0 Å². The molecule has 4 rings (SSSR count). The van der Waals surface area contributed by atoms with Gasteiger partial charge in [0, 0.05) is 13.1 Å². The summed E-state index contributed by atoms with van der Waals surface area (Å²) in [7, 11) is 0. The Morgan fingerprint density at radius 1 is 1.23 bits per heavy atom. The van der Waals surface area contributed by atoms with Gasteiger partial charge < -0.3 is 15.3 Å². The van der Waals surface area contributed by atoms with Crippen molar-refractivity contribution in [3.05, 3.63) is 58.9 Å². The third kappa shape index (κ3) is 4.17. The van der Waals surface area contributed by atoms with Gasteiger partial charge in [0.25, 0.3) is 0 Å². The lowest BCUT2D eigenvalue weighted by atomic mass is 10.1. The lowest BCUT2D eigenvalue weighted by molar-refractivity contribution is -0.115. The van der Waals surface area contributed by atoms with Gasteiger partial charge >= 0.3 is 0 Å². The maximum absolute atomic E-state index is 12.6. The highest BCUT2D eigenvalue weighted by atomic mass is 35.5. The van der Waals surface area contributed by atoms with E-state index in [2.05, 4.69) is 34.4 Å². The Balaban J connectivity index is 1.80. The van der Waals surface area contributed by atoms with Crippen LogP contribution in [0, 0.1) is 0 Å². The molecule has 0 bridgehead atoms. The van der Waals surface area contributed by atoms with Crippen LogP contribution >= 0.6 is 11.6 Å². The standard InChI is InChI=1S/C22H23ClN6O2/c1-3-28(4-2)21-10-20-19(9-17(21)23)26-22(31)11-18(25-20)14-6-5-7-15(8-14)29-16(13-30)12-24-27-29/h5-10,12,30H,3-4,11,13H2,1-2H3,(H,26,31). The maximum atomic E-state index is 12.6. The molecule has 1 amide bonds. The number of aliphatic imine (C=N–C) groups is 1. The van der Waals surface area contributed by atoms with Crippen molar-refractivity contribution in [2.24, 2.45) is 4.99 Å². The average Bonchev–Trinajstić information content (AvgIpc) is 3.19. The number of nitrogens with one attached hydrogen (secondary N) is 1. The highest BCUT2D eigenvalue weighted by Crippen LogP contribution is 2.38. The van der Waals surface area contributed by atoms with Crippen LogP contribution < -0.4 is 10.2 Å². The summed E-state index contributed by atoms with van der Waals surface area (Å²) in [6, 6.07) is 11.2. The van der Waals surface area contributed by atoms with Crippen molar-refractivity contribution in [3.63, 3.8) is 0 Å². The Kier molecular flexibility index (Phi) is 6.01. The van der Waals surface area contributed by atoms with E-state index >= 15 is 0 Å². The van der Waals surface area contributed by atoms with Gasteiger partial charge in [-0.3, -0.25) is 9.79 Å². The van der Waals surface area contributed by atoms with Crippen LogP contribution in [0.4, 0.5) is 17.1 Å². The lowest BCUT2D eigenvalue weighted by Crippen LogP contribution is -2.22. The van der Waals surface area contributed by atoms with E-state index in [0.717, 1.165) is 30.0 Å². The number of amides is 1. The predicted molar refractivity (Wildman–Crippen MR) is 122 cm³/mol. The quantitative estimate of drug-likeness (QED) is 0.611. The number of carbonyl (C=O) groups is 1. The first kappa shape index (κ1) is 21.0. The number of aliphatic hydroxyl groups is 1. The predicted octanol–water partition coefficient (Wildman–Crippen LogP) is 3.72. The molecule has 2 aromatic carbocycles. The average molecular weight is 439 g/mol. The first-order valence-electron chi connectivity index (χ1n) is 10.1. The Morgan fingerprint density at radius 2 is 2.03 bits per heavy atom. The van der Waals surface area contributed by atoms with Gasteiger partial charge in [0.1, 0.15) is 0 Å². The molecule has 1 aliphatic rings. The van der Waals surface area contributed by atoms with E-state index in [-0.39, 0.29) is 18.9 Å². The van der Waals surface area contributed by atoms with Gasteiger partial charge in [0.2, 0.25) is 5.91 Å². The monoisotopic (exact) mass is 438 g/mol. The van der Waals surface area contributed by atoms with Crippen LogP contribution in [0.2, 0.25) is 5.02 Å². The van der Waals surface area contributed by atoms with Crippen LogP contribution in [-0.2, 0) is 11.4 Å². The van der Waals surface area contributed by atoms with Gasteiger partial charge in [-0.25, -0.2) is 4.68 Å². The van der Waals surface area contributed by atoms with Crippen LogP contribution in [0.5, 0.6) is 0 Å². The van der Waals surface area contributed by atoms with Gasteiger partial charge in [-0.05, 0) is 43.7 Å². The fraction of sp³-hybridized carbons (Fsp3) is 0.273. The molecule has 31 heavy (non-hydrogen) atoms. The first-order valence-corrected chi connectivity index (χ1v) is 10.5. The smallest absolute Gasteiger partial charge is 0.230 e. The van der Waals surface area contributed by atoms with Gasteiger partial charge in [-0.2, -0.15) is 0 Å². The highest BCUT2D eigenvalue weighted by molar-refractivity contribution is 6.34. The number of aromatic nitrogens is 3. The number of hydrogen-bond donors (Lipinski definition) is 2. The Labute approximate surface area is 185 Å².